The lowest BCUT2D eigenvalue weighted by atomic mass is 10.0. The molecule has 1 aliphatic rings. The van der Waals surface area contributed by atoms with Crippen molar-refractivity contribution in [3.63, 3.8) is 0 Å². The number of aliphatic hydroxyl groups excluding tert-OH is 1. The molecule has 4 nitrogen and oxygen atoms in total. The third-order valence-corrected chi connectivity index (χ3v) is 7.88. The van der Waals surface area contributed by atoms with Crippen molar-refractivity contribution in [3.8, 4) is 0 Å². The highest BCUT2D eigenvalue weighted by Gasteiger charge is 2.70. The van der Waals surface area contributed by atoms with Crippen molar-refractivity contribution >= 4 is 37.4 Å². The summed E-state index contributed by atoms with van der Waals surface area (Å²) in [7, 11) is -3.63. The molecule has 0 radical (unpaired) electrons. The van der Waals surface area contributed by atoms with E-state index in [9.17, 15) is 13.5 Å². The normalized spacial score (nSPS) is 26.3. The summed E-state index contributed by atoms with van der Waals surface area (Å²) in [5.74, 6) is -0.332. The number of hydrogen-bond acceptors (Lipinski definition) is 4. The molecule has 0 aliphatic heterocycles. The van der Waals surface area contributed by atoms with Gasteiger partial charge in [-0.3, -0.25) is 0 Å². The zero-order valence-corrected chi connectivity index (χ0v) is 15.9. The summed E-state index contributed by atoms with van der Waals surface area (Å²) >= 11 is 9.22. The Balaban J connectivity index is 2.04. The highest BCUT2D eigenvalue weighted by atomic mass is 79.9. The highest BCUT2D eigenvalue weighted by Crippen LogP contribution is 2.63. The second-order valence-corrected chi connectivity index (χ2v) is 9.47. The van der Waals surface area contributed by atoms with Crippen molar-refractivity contribution in [2.75, 3.05) is 13.2 Å². The number of rotatable bonds is 5. The predicted octanol–water partition coefficient (Wildman–Crippen LogP) is 2.98. The van der Waals surface area contributed by atoms with Crippen molar-refractivity contribution < 1.29 is 13.5 Å². The van der Waals surface area contributed by atoms with Gasteiger partial charge in [0.25, 0.3) is 0 Å². The van der Waals surface area contributed by atoms with Gasteiger partial charge >= 0.3 is 0 Å². The maximum absolute atomic E-state index is 13.1. The number of halogens is 2. The van der Waals surface area contributed by atoms with E-state index in [1.807, 2.05) is 24.3 Å². The number of benzene rings is 2. The van der Waals surface area contributed by atoms with E-state index in [-0.39, 0.29) is 24.0 Å². The molecule has 1 saturated carbocycles. The minimum absolute atomic E-state index is 0.0989. The van der Waals surface area contributed by atoms with Crippen LogP contribution in [-0.4, -0.2) is 31.9 Å². The van der Waals surface area contributed by atoms with Gasteiger partial charge in [-0.1, -0.05) is 39.7 Å². The van der Waals surface area contributed by atoms with Crippen LogP contribution in [0.15, 0.2) is 57.9 Å². The minimum Gasteiger partial charge on any atom is -0.396 e. The van der Waals surface area contributed by atoms with Crippen LogP contribution in [0.5, 0.6) is 0 Å². The number of sulfone groups is 1. The SMILES string of the molecule is NC[C@@]1(CO)[C@@H](c2ccc(Br)cc2)[C@@H]1S(=O)(=O)c1ccc(Cl)cc1. The van der Waals surface area contributed by atoms with Gasteiger partial charge in [-0.05, 0) is 42.0 Å². The van der Waals surface area contributed by atoms with Crippen molar-refractivity contribution in [2.45, 2.75) is 16.1 Å². The third kappa shape index (κ3) is 2.80. The van der Waals surface area contributed by atoms with Gasteiger partial charge in [0, 0.05) is 27.4 Å². The van der Waals surface area contributed by atoms with Crippen LogP contribution in [0, 0.1) is 5.41 Å². The summed E-state index contributed by atoms with van der Waals surface area (Å²) < 4.78 is 27.1. The molecule has 0 spiro atoms. The molecular formula is C17H17BrClNO3S. The van der Waals surface area contributed by atoms with E-state index in [4.69, 9.17) is 17.3 Å². The average molecular weight is 431 g/mol. The summed E-state index contributed by atoms with van der Waals surface area (Å²) in [6, 6.07) is 13.5. The smallest absolute Gasteiger partial charge is 0.182 e. The van der Waals surface area contributed by atoms with Gasteiger partial charge in [0.15, 0.2) is 9.84 Å². The quantitative estimate of drug-likeness (QED) is 0.764. The van der Waals surface area contributed by atoms with Gasteiger partial charge < -0.3 is 10.8 Å². The number of nitrogens with two attached hydrogens (primary N) is 1. The van der Waals surface area contributed by atoms with E-state index < -0.39 is 20.5 Å². The zero-order valence-electron chi connectivity index (χ0n) is 12.7. The first-order valence-corrected chi connectivity index (χ1v) is 10.1. The Bertz CT molecular complexity index is 833. The van der Waals surface area contributed by atoms with E-state index in [1.54, 1.807) is 12.1 Å². The Kier molecular flexibility index (Phi) is 4.79. The van der Waals surface area contributed by atoms with Gasteiger partial charge in [-0.15, -0.1) is 0 Å². The summed E-state index contributed by atoms with van der Waals surface area (Å²) in [6.45, 7) is -0.177. The van der Waals surface area contributed by atoms with Crippen molar-refractivity contribution in [3.05, 3.63) is 63.6 Å². The lowest BCUT2D eigenvalue weighted by Crippen LogP contribution is -2.27. The van der Waals surface area contributed by atoms with Gasteiger partial charge in [0.1, 0.15) is 0 Å². The van der Waals surface area contributed by atoms with Gasteiger partial charge in [-0.25, -0.2) is 8.42 Å². The second kappa shape index (κ2) is 6.42. The van der Waals surface area contributed by atoms with E-state index >= 15 is 0 Å². The second-order valence-electron chi connectivity index (χ2n) is 6.04. The lowest BCUT2D eigenvalue weighted by Gasteiger charge is -2.12. The summed E-state index contributed by atoms with van der Waals surface area (Å²) in [5.41, 5.74) is 5.88. The molecule has 3 rings (SSSR count). The minimum atomic E-state index is -3.63. The molecular weight excluding hydrogens is 414 g/mol. The fourth-order valence-corrected chi connectivity index (χ4v) is 6.23. The molecule has 1 fully saturated rings. The predicted molar refractivity (Wildman–Crippen MR) is 97.9 cm³/mol. The third-order valence-electron chi connectivity index (χ3n) is 4.76. The highest BCUT2D eigenvalue weighted by molar-refractivity contribution is 9.10. The molecule has 0 bridgehead atoms. The summed E-state index contributed by atoms with van der Waals surface area (Å²) in [6.07, 6.45) is 0. The fourth-order valence-electron chi connectivity index (χ4n) is 3.39. The maximum Gasteiger partial charge on any atom is 0.182 e. The van der Waals surface area contributed by atoms with Crippen LogP contribution in [-0.2, 0) is 9.84 Å². The van der Waals surface area contributed by atoms with Gasteiger partial charge in [0.05, 0.1) is 16.8 Å². The molecule has 0 aromatic heterocycles. The standard InChI is InChI=1S/C17H17BrClNO3S/c18-12-3-1-11(2-4-12)15-16(17(15,9-20)10-21)24(22,23)14-7-5-13(19)6-8-14/h1-8,15-16,21H,9-10,20H2/t15-,16-,17+/m0/s1. The van der Waals surface area contributed by atoms with Crippen LogP contribution < -0.4 is 5.73 Å². The van der Waals surface area contributed by atoms with Crippen molar-refractivity contribution in [1.82, 2.24) is 0 Å². The molecule has 7 heteroatoms. The topological polar surface area (TPSA) is 80.4 Å². The van der Waals surface area contributed by atoms with Crippen LogP contribution in [0.25, 0.3) is 0 Å². The van der Waals surface area contributed by atoms with Crippen LogP contribution in [0.4, 0.5) is 0 Å². The van der Waals surface area contributed by atoms with Crippen LogP contribution in [0.1, 0.15) is 11.5 Å². The molecule has 0 amide bonds. The molecule has 3 N–H and O–H groups in total. The molecule has 0 unspecified atom stereocenters. The molecule has 1 aliphatic carbocycles. The molecule has 0 saturated heterocycles. The first kappa shape index (κ1) is 17.9. The fraction of sp³-hybridized carbons (Fsp3) is 0.294. The van der Waals surface area contributed by atoms with E-state index in [1.165, 1.54) is 12.1 Å². The monoisotopic (exact) mass is 429 g/mol. The zero-order chi connectivity index (χ0) is 17.5. The number of hydrogen-bond donors (Lipinski definition) is 2. The van der Waals surface area contributed by atoms with Crippen LogP contribution in [0.3, 0.4) is 0 Å². The van der Waals surface area contributed by atoms with Crippen LogP contribution >= 0.6 is 27.5 Å². The molecule has 128 valence electrons. The first-order chi connectivity index (χ1) is 11.4. The lowest BCUT2D eigenvalue weighted by molar-refractivity contribution is 0.212. The van der Waals surface area contributed by atoms with Crippen LogP contribution in [0.2, 0.25) is 5.02 Å². The van der Waals surface area contributed by atoms with Crippen molar-refractivity contribution in [2.24, 2.45) is 11.1 Å². The molecule has 2 aromatic carbocycles. The van der Waals surface area contributed by atoms with E-state index in [2.05, 4.69) is 15.9 Å². The molecule has 3 atom stereocenters. The Hall–Kier alpha value is -0.920. The molecule has 2 aromatic rings. The Morgan fingerprint density at radius 2 is 1.71 bits per heavy atom. The Morgan fingerprint density at radius 3 is 2.21 bits per heavy atom. The Morgan fingerprint density at radius 1 is 1.12 bits per heavy atom. The van der Waals surface area contributed by atoms with E-state index in [0.717, 1.165) is 10.0 Å². The van der Waals surface area contributed by atoms with Crippen molar-refractivity contribution in [1.29, 1.82) is 0 Å². The Labute approximate surface area is 154 Å². The maximum atomic E-state index is 13.1. The first-order valence-electron chi connectivity index (χ1n) is 7.42. The van der Waals surface area contributed by atoms with E-state index in [0.29, 0.717) is 5.02 Å². The van der Waals surface area contributed by atoms with Gasteiger partial charge in [0.2, 0.25) is 0 Å². The summed E-state index contributed by atoms with van der Waals surface area (Å²) in [5, 5.41) is 9.62. The molecule has 0 heterocycles. The average Bonchev–Trinajstić information content (AvgIpc) is 3.26. The van der Waals surface area contributed by atoms with Gasteiger partial charge in [-0.2, -0.15) is 0 Å². The largest absolute Gasteiger partial charge is 0.396 e. The number of aliphatic hydroxyl groups is 1. The summed E-state index contributed by atoms with van der Waals surface area (Å²) in [4.78, 5) is 0.197. The molecule has 24 heavy (non-hydrogen) atoms.